The Kier molecular flexibility index (Phi) is 5.16. The van der Waals surface area contributed by atoms with Crippen molar-refractivity contribution >= 4 is 33.8 Å². The van der Waals surface area contributed by atoms with Crippen LogP contribution in [0.1, 0.15) is 18.4 Å². The first-order valence-corrected chi connectivity index (χ1v) is 10.5. The minimum absolute atomic E-state index is 0.00476. The Labute approximate surface area is 180 Å². The van der Waals surface area contributed by atoms with E-state index in [1.165, 1.54) is 0 Å². The van der Waals surface area contributed by atoms with Crippen LogP contribution in [0.5, 0.6) is 5.75 Å². The highest BCUT2D eigenvalue weighted by Crippen LogP contribution is 2.33. The second-order valence-corrected chi connectivity index (χ2v) is 7.80. The van der Waals surface area contributed by atoms with E-state index in [0.29, 0.717) is 12.1 Å². The molecule has 1 saturated heterocycles. The molecule has 1 aliphatic heterocycles. The zero-order valence-corrected chi connectivity index (χ0v) is 17.4. The van der Waals surface area contributed by atoms with Crippen LogP contribution < -0.4 is 15.0 Å². The fourth-order valence-electron chi connectivity index (χ4n) is 4.21. The van der Waals surface area contributed by atoms with Crippen LogP contribution in [0, 0.1) is 5.92 Å². The van der Waals surface area contributed by atoms with Crippen molar-refractivity contribution < 1.29 is 13.9 Å². The Morgan fingerprint density at radius 1 is 1.16 bits per heavy atom. The summed E-state index contributed by atoms with van der Waals surface area (Å²) in [7, 11) is 1.64. The van der Waals surface area contributed by atoms with Gasteiger partial charge in [-0.2, -0.15) is 0 Å². The van der Waals surface area contributed by atoms with Gasteiger partial charge < -0.3 is 19.4 Å². The normalized spacial score (nSPS) is 14.8. The summed E-state index contributed by atoms with van der Waals surface area (Å²) in [6.45, 7) is 2.00. The largest absolute Gasteiger partial charge is 0.497 e. The van der Waals surface area contributed by atoms with E-state index in [9.17, 15) is 4.79 Å². The van der Waals surface area contributed by atoms with Gasteiger partial charge in [0.05, 0.1) is 7.11 Å². The molecule has 31 heavy (non-hydrogen) atoms. The quantitative estimate of drug-likeness (QED) is 0.531. The van der Waals surface area contributed by atoms with Crippen molar-refractivity contribution in [1.82, 2.24) is 15.3 Å². The molecule has 0 bridgehead atoms. The third-order valence-electron chi connectivity index (χ3n) is 5.91. The van der Waals surface area contributed by atoms with Crippen LogP contribution >= 0.6 is 0 Å². The first-order valence-electron chi connectivity index (χ1n) is 10.5. The summed E-state index contributed by atoms with van der Waals surface area (Å²) in [6.07, 6.45) is 3.14. The Morgan fingerprint density at radius 2 is 2.00 bits per heavy atom. The number of nitrogens with zero attached hydrogens (tertiary/aromatic N) is 3. The third-order valence-corrected chi connectivity index (χ3v) is 5.91. The highest BCUT2D eigenvalue weighted by Gasteiger charge is 2.27. The average molecular weight is 416 g/mol. The summed E-state index contributed by atoms with van der Waals surface area (Å²) >= 11 is 0. The molecule has 1 N–H and O–H groups in total. The molecule has 0 atom stereocenters. The molecular weight excluding hydrogens is 392 g/mol. The Hall–Kier alpha value is -3.61. The summed E-state index contributed by atoms with van der Waals surface area (Å²) in [5.74, 6) is 1.69. The highest BCUT2D eigenvalue weighted by atomic mass is 16.5. The SMILES string of the molecule is COc1cccc(CNC(=O)C2CCN(c3ncnc4c3oc3ccccc34)CC2)c1. The van der Waals surface area contributed by atoms with Crippen LogP contribution in [0.15, 0.2) is 59.3 Å². The Morgan fingerprint density at radius 3 is 2.84 bits per heavy atom. The van der Waals surface area contributed by atoms with Crippen LogP contribution in [0.4, 0.5) is 5.82 Å². The lowest BCUT2D eigenvalue weighted by Crippen LogP contribution is -2.40. The number of hydrogen-bond acceptors (Lipinski definition) is 6. The summed E-state index contributed by atoms with van der Waals surface area (Å²) in [6, 6.07) is 15.6. The van der Waals surface area contributed by atoms with E-state index in [1.807, 2.05) is 48.5 Å². The molecule has 2 aromatic carbocycles. The van der Waals surface area contributed by atoms with E-state index < -0.39 is 0 Å². The van der Waals surface area contributed by atoms with Gasteiger partial charge in [0.15, 0.2) is 11.4 Å². The maximum absolute atomic E-state index is 12.7. The molecular formula is C24H24N4O3. The van der Waals surface area contributed by atoms with Gasteiger partial charge in [-0.15, -0.1) is 0 Å². The summed E-state index contributed by atoms with van der Waals surface area (Å²) < 4.78 is 11.3. The zero-order chi connectivity index (χ0) is 21.2. The number of rotatable bonds is 5. The lowest BCUT2D eigenvalue weighted by atomic mass is 9.95. The zero-order valence-electron chi connectivity index (χ0n) is 17.4. The molecule has 1 fully saturated rings. The van der Waals surface area contributed by atoms with Crippen LogP contribution in [-0.2, 0) is 11.3 Å². The van der Waals surface area contributed by atoms with Gasteiger partial charge in [-0.1, -0.05) is 24.3 Å². The van der Waals surface area contributed by atoms with E-state index in [0.717, 1.165) is 59.5 Å². The van der Waals surface area contributed by atoms with Gasteiger partial charge in [0, 0.05) is 30.9 Å². The first kappa shape index (κ1) is 19.4. The smallest absolute Gasteiger partial charge is 0.223 e. The molecule has 4 aromatic rings. The summed E-state index contributed by atoms with van der Waals surface area (Å²) in [4.78, 5) is 23.8. The number of carbonyl (C=O) groups is 1. The maximum Gasteiger partial charge on any atom is 0.223 e. The number of furan rings is 1. The maximum atomic E-state index is 12.7. The lowest BCUT2D eigenvalue weighted by Gasteiger charge is -2.31. The van der Waals surface area contributed by atoms with Gasteiger partial charge in [0.1, 0.15) is 23.2 Å². The van der Waals surface area contributed by atoms with Crippen molar-refractivity contribution in [1.29, 1.82) is 0 Å². The van der Waals surface area contributed by atoms with E-state index >= 15 is 0 Å². The minimum Gasteiger partial charge on any atom is -0.497 e. The van der Waals surface area contributed by atoms with Crippen LogP contribution in [-0.4, -0.2) is 36.1 Å². The van der Waals surface area contributed by atoms with Gasteiger partial charge in [-0.3, -0.25) is 4.79 Å². The molecule has 5 rings (SSSR count). The number of hydrogen-bond donors (Lipinski definition) is 1. The van der Waals surface area contributed by atoms with Crippen molar-refractivity contribution in [3.63, 3.8) is 0 Å². The number of ether oxygens (including phenoxy) is 1. The molecule has 2 aromatic heterocycles. The molecule has 158 valence electrons. The molecule has 0 unspecified atom stereocenters. The molecule has 0 saturated carbocycles. The third kappa shape index (κ3) is 3.79. The number of anilines is 1. The topological polar surface area (TPSA) is 80.5 Å². The summed E-state index contributed by atoms with van der Waals surface area (Å²) in [5.41, 5.74) is 3.38. The first-order chi connectivity index (χ1) is 15.2. The van der Waals surface area contributed by atoms with E-state index in [2.05, 4.69) is 20.2 Å². The molecule has 3 heterocycles. The number of nitrogens with one attached hydrogen (secondary N) is 1. The van der Waals surface area contributed by atoms with Gasteiger partial charge in [-0.05, 0) is 42.7 Å². The van der Waals surface area contributed by atoms with E-state index in [-0.39, 0.29) is 11.8 Å². The van der Waals surface area contributed by atoms with E-state index in [1.54, 1.807) is 13.4 Å². The monoisotopic (exact) mass is 416 g/mol. The predicted octanol–water partition coefficient (Wildman–Crippen LogP) is 3.92. The van der Waals surface area contributed by atoms with Gasteiger partial charge in [0.25, 0.3) is 0 Å². The molecule has 7 nitrogen and oxygen atoms in total. The fraction of sp³-hybridized carbons (Fsp3) is 0.292. The van der Waals surface area contributed by atoms with Crippen molar-refractivity contribution in [3.05, 3.63) is 60.4 Å². The highest BCUT2D eigenvalue weighted by molar-refractivity contribution is 6.05. The molecule has 0 spiro atoms. The molecule has 0 radical (unpaired) electrons. The van der Waals surface area contributed by atoms with Crippen molar-refractivity contribution in [2.75, 3.05) is 25.1 Å². The summed E-state index contributed by atoms with van der Waals surface area (Å²) in [5, 5.41) is 4.06. The number of methoxy groups -OCH3 is 1. The predicted molar refractivity (Wildman–Crippen MR) is 119 cm³/mol. The number of carbonyl (C=O) groups excluding carboxylic acids is 1. The van der Waals surface area contributed by atoms with Gasteiger partial charge in [0.2, 0.25) is 5.91 Å². The number of amides is 1. The minimum atomic E-state index is -0.00476. The van der Waals surface area contributed by atoms with Crippen LogP contribution in [0.3, 0.4) is 0 Å². The van der Waals surface area contributed by atoms with E-state index in [4.69, 9.17) is 9.15 Å². The van der Waals surface area contributed by atoms with Crippen molar-refractivity contribution in [2.24, 2.45) is 5.92 Å². The van der Waals surface area contributed by atoms with Gasteiger partial charge in [-0.25, -0.2) is 9.97 Å². The number of para-hydroxylation sites is 1. The lowest BCUT2D eigenvalue weighted by molar-refractivity contribution is -0.125. The average Bonchev–Trinajstić information content (AvgIpc) is 3.22. The second kappa shape index (κ2) is 8.26. The molecule has 7 heteroatoms. The fourth-order valence-corrected chi connectivity index (χ4v) is 4.21. The van der Waals surface area contributed by atoms with Gasteiger partial charge >= 0.3 is 0 Å². The number of fused-ring (bicyclic) bond motifs is 3. The van der Waals surface area contributed by atoms with Crippen molar-refractivity contribution in [3.8, 4) is 5.75 Å². The number of aromatic nitrogens is 2. The second-order valence-electron chi connectivity index (χ2n) is 7.80. The van der Waals surface area contributed by atoms with Crippen molar-refractivity contribution in [2.45, 2.75) is 19.4 Å². The molecule has 1 amide bonds. The standard InChI is InChI=1S/C24H24N4O3/c1-30-18-6-4-5-16(13-18)14-25-24(29)17-9-11-28(12-10-17)23-22-21(26-15-27-23)19-7-2-3-8-20(19)31-22/h2-8,13,15,17H,9-12,14H2,1H3,(H,25,29). The molecule has 1 aliphatic rings. The van der Waals surface area contributed by atoms with Crippen LogP contribution in [0.2, 0.25) is 0 Å². The Balaban J connectivity index is 1.24. The molecule has 0 aliphatic carbocycles. The number of benzene rings is 2. The van der Waals surface area contributed by atoms with Crippen LogP contribution in [0.25, 0.3) is 22.1 Å². The Bertz CT molecular complexity index is 1230. The number of piperidine rings is 1.